The SMILES string of the molecule is CC1CCCC(c2ccc(NC(=O)[C@H]3CC[C@H](NS(=O)(=O)C(C)C)CC3)cc2)C1C. The summed E-state index contributed by atoms with van der Waals surface area (Å²) in [5.41, 5.74) is 2.23. The Morgan fingerprint density at radius 3 is 2.20 bits per heavy atom. The van der Waals surface area contributed by atoms with E-state index in [4.69, 9.17) is 0 Å². The molecule has 0 heterocycles. The highest BCUT2D eigenvalue weighted by molar-refractivity contribution is 7.90. The van der Waals surface area contributed by atoms with Crippen LogP contribution in [0.25, 0.3) is 0 Å². The molecule has 5 nitrogen and oxygen atoms in total. The van der Waals surface area contributed by atoms with Crippen molar-refractivity contribution in [3.8, 4) is 0 Å². The molecule has 1 amide bonds. The van der Waals surface area contributed by atoms with Gasteiger partial charge < -0.3 is 5.32 Å². The monoisotopic (exact) mass is 434 g/mol. The highest BCUT2D eigenvalue weighted by Gasteiger charge is 2.30. The predicted octanol–water partition coefficient (Wildman–Crippen LogP) is 5.05. The maximum atomic E-state index is 12.7. The summed E-state index contributed by atoms with van der Waals surface area (Å²) in [6.45, 7) is 8.08. The van der Waals surface area contributed by atoms with Crippen molar-refractivity contribution in [2.75, 3.05) is 5.32 Å². The van der Waals surface area contributed by atoms with Gasteiger partial charge in [0.05, 0.1) is 5.25 Å². The Balaban J connectivity index is 1.51. The first-order valence-electron chi connectivity index (χ1n) is 11.6. The van der Waals surface area contributed by atoms with E-state index in [0.29, 0.717) is 37.5 Å². The van der Waals surface area contributed by atoms with Gasteiger partial charge in [-0.25, -0.2) is 13.1 Å². The minimum atomic E-state index is -3.26. The van der Waals surface area contributed by atoms with Gasteiger partial charge in [-0.1, -0.05) is 38.8 Å². The highest BCUT2D eigenvalue weighted by Crippen LogP contribution is 2.41. The molecule has 6 heteroatoms. The number of anilines is 1. The van der Waals surface area contributed by atoms with E-state index in [9.17, 15) is 13.2 Å². The first-order valence-corrected chi connectivity index (χ1v) is 13.1. The standard InChI is InChI=1S/C24H38N2O3S/c1-16(2)30(28,29)26-22-14-10-20(11-15-22)24(27)25-21-12-8-19(9-13-21)23-7-5-6-17(3)18(23)4/h8-9,12-13,16-18,20,22-23,26H,5-7,10-11,14-15H2,1-4H3,(H,25,27)/t17?,18?,20-,22-,23?. The van der Waals surface area contributed by atoms with E-state index in [1.165, 1.54) is 24.8 Å². The van der Waals surface area contributed by atoms with Gasteiger partial charge in [0, 0.05) is 17.6 Å². The van der Waals surface area contributed by atoms with E-state index < -0.39 is 15.3 Å². The van der Waals surface area contributed by atoms with Crippen molar-refractivity contribution in [1.82, 2.24) is 4.72 Å². The van der Waals surface area contributed by atoms with Gasteiger partial charge >= 0.3 is 0 Å². The van der Waals surface area contributed by atoms with Crippen LogP contribution in [0.5, 0.6) is 0 Å². The molecule has 0 spiro atoms. The van der Waals surface area contributed by atoms with E-state index in [1.807, 2.05) is 12.1 Å². The van der Waals surface area contributed by atoms with Crippen LogP contribution in [0.3, 0.4) is 0 Å². The van der Waals surface area contributed by atoms with E-state index >= 15 is 0 Å². The lowest BCUT2D eigenvalue weighted by molar-refractivity contribution is -0.120. The summed E-state index contributed by atoms with van der Waals surface area (Å²) in [6, 6.07) is 8.35. The Hall–Kier alpha value is -1.40. The highest BCUT2D eigenvalue weighted by atomic mass is 32.2. The topological polar surface area (TPSA) is 75.3 Å². The van der Waals surface area contributed by atoms with Gasteiger partial charge in [0.15, 0.2) is 0 Å². The van der Waals surface area contributed by atoms with Gasteiger partial charge in [0.1, 0.15) is 0 Å². The molecule has 0 saturated heterocycles. The summed E-state index contributed by atoms with van der Waals surface area (Å²) >= 11 is 0. The largest absolute Gasteiger partial charge is 0.326 e. The van der Waals surface area contributed by atoms with Crippen molar-refractivity contribution >= 4 is 21.6 Å². The molecule has 3 atom stereocenters. The second kappa shape index (κ2) is 9.82. The molecule has 2 aliphatic carbocycles. The number of carbonyl (C=O) groups excluding carboxylic acids is 1. The van der Waals surface area contributed by atoms with E-state index in [-0.39, 0.29) is 17.9 Å². The van der Waals surface area contributed by atoms with Gasteiger partial charge in [-0.15, -0.1) is 0 Å². The number of amides is 1. The number of sulfonamides is 1. The summed E-state index contributed by atoms with van der Waals surface area (Å²) in [6.07, 6.45) is 6.72. The van der Waals surface area contributed by atoms with Gasteiger partial charge in [-0.3, -0.25) is 4.79 Å². The van der Waals surface area contributed by atoms with Gasteiger partial charge in [-0.2, -0.15) is 0 Å². The Labute approximate surface area is 182 Å². The molecule has 0 bridgehead atoms. The van der Waals surface area contributed by atoms with Crippen LogP contribution in [0.2, 0.25) is 0 Å². The Kier molecular flexibility index (Phi) is 7.61. The second-order valence-corrected chi connectivity index (χ2v) is 12.0. The van der Waals surface area contributed by atoms with E-state index in [2.05, 4.69) is 36.0 Å². The zero-order valence-corrected chi connectivity index (χ0v) is 19.7. The Morgan fingerprint density at radius 2 is 1.60 bits per heavy atom. The minimum absolute atomic E-state index is 0.0487. The quantitative estimate of drug-likeness (QED) is 0.658. The fourth-order valence-electron chi connectivity index (χ4n) is 4.95. The maximum Gasteiger partial charge on any atom is 0.227 e. The van der Waals surface area contributed by atoms with Crippen LogP contribution in [0, 0.1) is 17.8 Å². The number of carbonyl (C=O) groups is 1. The van der Waals surface area contributed by atoms with Crippen LogP contribution in [0.15, 0.2) is 24.3 Å². The molecule has 1 aromatic rings. The van der Waals surface area contributed by atoms with Crippen LogP contribution in [-0.4, -0.2) is 25.6 Å². The van der Waals surface area contributed by atoms with Crippen molar-refractivity contribution in [2.24, 2.45) is 17.8 Å². The zero-order chi connectivity index (χ0) is 21.9. The molecule has 2 saturated carbocycles. The third-order valence-corrected chi connectivity index (χ3v) is 9.27. The molecular formula is C24H38N2O3S. The predicted molar refractivity (Wildman–Crippen MR) is 123 cm³/mol. The number of hydrogen-bond donors (Lipinski definition) is 2. The first-order chi connectivity index (χ1) is 14.2. The average Bonchev–Trinajstić information content (AvgIpc) is 2.71. The number of hydrogen-bond acceptors (Lipinski definition) is 3. The molecule has 2 fully saturated rings. The molecule has 1 aromatic carbocycles. The van der Waals surface area contributed by atoms with E-state index in [0.717, 1.165) is 11.6 Å². The molecule has 3 unspecified atom stereocenters. The molecule has 30 heavy (non-hydrogen) atoms. The van der Waals surface area contributed by atoms with Crippen LogP contribution in [0.1, 0.15) is 84.1 Å². The van der Waals surface area contributed by atoms with Gasteiger partial charge in [-0.05, 0) is 81.4 Å². The van der Waals surface area contributed by atoms with Crippen molar-refractivity contribution in [2.45, 2.75) is 89.9 Å². The molecule has 0 aromatic heterocycles. The molecule has 3 rings (SSSR count). The minimum Gasteiger partial charge on any atom is -0.326 e. The number of rotatable bonds is 6. The fourth-order valence-corrected chi connectivity index (χ4v) is 5.92. The number of nitrogens with one attached hydrogen (secondary N) is 2. The van der Waals surface area contributed by atoms with Gasteiger partial charge in [0.2, 0.25) is 15.9 Å². The molecule has 0 radical (unpaired) electrons. The molecule has 2 N–H and O–H groups in total. The zero-order valence-electron chi connectivity index (χ0n) is 18.9. The van der Waals surface area contributed by atoms with Crippen molar-refractivity contribution in [3.05, 3.63) is 29.8 Å². The summed E-state index contributed by atoms with van der Waals surface area (Å²) < 4.78 is 26.9. The summed E-state index contributed by atoms with van der Waals surface area (Å²) in [5.74, 6) is 2.07. The van der Waals surface area contributed by atoms with Crippen molar-refractivity contribution < 1.29 is 13.2 Å². The van der Waals surface area contributed by atoms with Crippen LogP contribution in [-0.2, 0) is 14.8 Å². The molecule has 168 valence electrons. The van der Waals surface area contributed by atoms with Crippen LogP contribution < -0.4 is 10.0 Å². The third-order valence-electron chi connectivity index (χ3n) is 7.36. The maximum absolute atomic E-state index is 12.7. The lowest BCUT2D eigenvalue weighted by atomic mass is 9.71. The Bertz CT molecular complexity index is 811. The smallest absolute Gasteiger partial charge is 0.227 e. The van der Waals surface area contributed by atoms with Crippen molar-refractivity contribution in [1.29, 1.82) is 0 Å². The average molecular weight is 435 g/mol. The normalized spacial score (nSPS) is 30.2. The van der Waals surface area contributed by atoms with Crippen LogP contribution in [0.4, 0.5) is 5.69 Å². The molecular weight excluding hydrogens is 396 g/mol. The summed E-state index contributed by atoms with van der Waals surface area (Å²) in [5, 5.41) is 2.64. The molecule has 2 aliphatic rings. The fraction of sp³-hybridized carbons (Fsp3) is 0.708. The number of benzene rings is 1. The lowest BCUT2D eigenvalue weighted by Crippen LogP contribution is -2.42. The van der Waals surface area contributed by atoms with E-state index in [1.54, 1.807) is 13.8 Å². The van der Waals surface area contributed by atoms with Crippen molar-refractivity contribution in [3.63, 3.8) is 0 Å². The second-order valence-electron chi connectivity index (χ2n) is 9.75. The van der Waals surface area contributed by atoms with Crippen LogP contribution >= 0.6 is 0 Å². The van der Waals surface area contributed by atoms with Gasteiger partial charge in [0.25, 0.3) is 0 Å². The third kappa shape index (κ3) is 5.64. The molecule has 0 aliphatic heterocycles. The first kappa shape index (κ1) is 23.3. The lowest BCUT2D eigenvalue weighted by Gasteiger charge is -2.34. The summed E-state index contributed by atoms with van der Waals surface area (Å²) in [4.78, 5) is 12.7. The summed E-state index contributed by atoms with van der Waals surface area (Å²) in [7, 11) is -3.26. The Morgan fingerprint density at radius 1 is 0.967 bits per heavy atom.